The molecule has 2 aromatic rings. The zero-order valence-corrected chi connectivity index (χ0v) is 12.5. The van der Waals surface area contributed by atoms with Gasteiger partial charge in [0.05, 0.1) is 5.56 Å². The maximum absolute atomic E-state index is 11.2. The van der Waals surface area contributed by atoms with Gasteiger partial charge in [0.1, 0.15) is 12.4 Å². The Morgan fingerprint density at radius 2 is 2.09 bits per heavy atom. The van der Waals surface area contributed by atoms with Gasteiger partial charge in [-0.2, -0.15) is 0 Å². The molecular formula is C18H19NO3. The first kappa shape index (κ1) is 15.6. The van der Waals surface area contributed by atoms with Gasteiger partial charge < -0.3 is 15.2 Å². The number of rotatable bonds is 7. The van der Waals surface area contributed by atoms with Gasteiger partial charge in [-0.15, -0.1) is 0 Å². The van der Waals surface area contributed by atoms with Gasteiger partial charge >= 0.3 is 5.97 Å². The van der Waals surface area contributed by atoms with E-state index in [1.807, 2.05) is 31.2 Å². The standard InChI is InChI=1S/C18H19NO3/c1-3-10-22-17-9-8-14(11-13(17)2)12-19-16-7-5-4-6-15(16)18(20)21/h3-9,11,19H,1,10,12H2,2H3,(H,20,21). The quantitative estimate of drug-likeness (QED) is 0.762. The molecule has 0 atom stereocenters. The summed E-state index contributed by atoms with van der Waals surface area (Å²) in [4.78, 5) is 11.2. The summed E-state index contributed by atoms with van der Waals surface area (Å²) in [5.74, 6) is -0.109. The van der Waals surface area contributed by atoms with E-state index in [-0.39, 0.29) is 5.56 Å². The van der Waals surface area contributed by atoms with Gasteiger partial charge in [-0.1, -0.05) is 36.9 Å². The maximum Gasteiger partial charge on any atom is 0.337 e. The van der Waals surface area contributed by atoms with Gasteiger partial charge in [-0.05, 0) is 36.2 Å². The fourth-order valence-electron chi connectivity index (χ4n) is 2.15. The summed E-state index contributed by atoms with van der Waals surface area (Å²) in [5.41, 5.74) is 2.97. The zero-order valence-electron chi connectivity index (χ0n) is 12.5. The summed E-state index contributed by atoms with van der Waals surface area (Å²) in [6, 6.07) is 12.8. The van der Waals surface area contributed by atoms with Crippen LogP contribution < -0.4 is 10.1 Å². The molecule has 0 spiro atoms. The molecule has 0 heterocycles. The largest absolute Gasteiger partial charge is 0.489 e. The molecule has 0 saturated heterocycles. The van der Waals surface area contributed by atoms with E-state index < -0.39 is 5.97 Å². The molecule has 4 heteroatoms. The number of aromatic carboxylic acids is 1. The van der Waals surface area contributed by atoms with Crippen molar-refractivity contribution in [2.24, 2.45) is 0 Å². The number of anilines is 1. The number of benzene rings is 2. The number of hydrogen-bond donors (Lipinski definition) is 2. The zero-order chi connectivity index (χ0) is 15.9. The van der Waals surface area contributed by atoms with Crippen molar-refractivity contribution < 1.29 is 14.6 Å². The molecule has 0 aliphatic rings. The second-order valence-electron chi connectivity index (χ2n) is 4.90. The lowest BCUT2D eigenvalue weighted by Gasteiger charge is -2.12. The average Bonchev–Trinajstić information content (AvgIpc) is 2.52. The van der Waals surface area contributed by atoms with Crippen LogP contribution in [-0.2, 0) is 6.54 Å². The van der Waals surface area contributed by atoms with Crippen molar-refractivity contribution in [1.82, 2.24) is 0 Å². The molecule has 2 N–H and O–H groups in total. The van der Waals surface area contributed by atoms with E-state index in [1.54, 1.807) is 24.3 Å². The third kappa shape index (κ3) is 3.88. The number of nitrogens with one attached hydrogen (secondary N) is 1. The number of hydrogen-bond acceptors (Lipinski definition) is 3. The van der Waals surface area contributed by atoms with E-state index in [0.717, 1.165) is 16.9 Å². The minimum atomic E-state index is -0.938. The highest BCUT2D eigenvalue weighted by Crippen LogP contribution is 2.21. The first-order chi connectivity index (χ1) is 10.6. The summed E-state index contributed by atoms with van der Waals surface area (Å²) in [6.07, 6.45) is 1.71. The van der Waals surface area contributed by atoms with Crippen molar-refractivity contribution in [3.8, 4) is 5.75 Å². The first-order valence-corrected chi connectivity index (χ1v) is 7.01. The van der Waals surface area contributed by atoms with Crippen LogP contribution in [0.15, 0.2) is 55.1 Å². The predicted octanol–water partition coefficient (Wildman–Crippen LogP) is 3.87. The number of carbonyl (C=O) groups is 1. The van der Waals surface area contributed by atoms with Crippen molar-refractivity contribution in [3.05, 3.63) is 71.8 Å². The predicted molar refractivity (Wildman–Crippen MR) is 87.6 cm³/mol. The lowest BCUT2D eigenvalue weighted by molar-refractivity contribution is 0.0698. The molecule has 0 unspecified atom stereocenters. The second-order valence-corrected chi connectivity index (χ2v) is 4.90. The molecule has 2 aromatic carbocycles. The van der Waals surface area contributed by atoms with Crippen LogP contribution in [0.3, 0.4) is 0 Å². The normalized spacial score (nSPS) is 10.0. The van der Waals surface area contributed by atoms with Crippen molar-refractivity contribution in [3.63, 3.8) is 0 Å². The Morgan fingerprint density at radius 1 is 1.32 bits per heavy atom. The Labute approximate surface area is 130 Å². The number of carboxylic acid groups (broad SMARTS) is 1. The highest BCUT2D eigenvalue weighted by Gasteiger charge is 2.08. The van der Waals surface area contributed by atoms with Gasteiger partial charge in [0.2, 0.25) is 0 Å². The first-order valence-electron chi connectivity index (χ1n) is 7.01. The van der Waals surface area contributed by atoms with Crippen molar-refractivity contribution in [2.75, 3.05) is 11.9 Å². The van der Waals surface area contributed by atoms with Crippen LogP contribution in [0.4, 0.5) is 5.69 Å². The average molecular weight is 297 g/mol. The molecule has 0 amide bonds. The van der Waals surface area contributed by atoms with Crippen molar-refractivity contribution in [2.45, 2.75) is 13.5 Å². The summed E-state index contributed by atoms with van der Waals surface area (Å²) in [7, 11) is 0. The van der Waals surface area contributed by atoms with Crippen LogP contribution in [0.1, 0.15) is 21.5 Å². The Bertz CT molecular complexity index is 680. The Hall–Kier alpha value is -2.75. The van der Waals surface area contributed by atoms with Gasteiger partial charge in [0, 0.05) is 12.2 Å². The fourth-order valence-corrected chi connectivity index (χ4v) is 2.15. The molecule has 4 nitrogen and oxygen atoms in total. The molecule has 0 aliphatic carbocycles. The van der Waals surface area contributed by atoms with Crippen LogP contribution in [0.2, 0.25) is 0 Å². The molecule has 0 aromatic heterocycles. The van der Waals surface area contributed by atoms with E-state index in [2.05, 4.69) is 11.9 Å². The van der Waals surface area contributed by atoms with E-state index in [4.69, 9.17) is 9.84 Å². The molecule has 22 heavy (non-hydrogen) atoms. The number of carboxylic acids is 1. The summed E-state index contributed by atoms with van der Waals surface area (Å²) in [6.45, 7) is 6.63. The molecule has 0 radical (unpaired) electrons. The number of aryl methyl sites for hydroxylation is 1. The molecular weight excluding hydrogens is 278 g/mol. The molecule has 0 aliphatic heterocycles. The molecule has 0 saturated carbocycles. The third-order valence-corrected chi connectivity index (χ3v) is 3.24. The SMILES string of the molecule is C=CCOc1ccc(CNc2ccccc2C(=O)O)cc1C. The van der Waals surface area contributed by atoms with E-state index in [0.29, 0.717) is 18.8 Å². The van der Waals surface area contributed by atoms with Crippen LogP contribution in [0.5, 0.6) is 5.75 Å². The van der Waals surface area contributed by atoms with E-state index in [1.165, 1.54) is 0 Å². The van der Waals surface area contributed by atoms with Gasteiger partial charge in [0.15, 0.2) is 0 Å². The highest BCUT2D eigenvalue weighted by atomic mass is 16.5. The minimum Gasteiger partial charge on any atom is -0.489 e. The summed E-state index contributed by atoms with van der Waals surface area (Å²) < 4.78 is 5.54. The van der Waals surface area contributed by atoms with Gasteiger partial charge in [0.25, 0.3) is 0 Å². The van der Waals surface area contributed by atoms with Gasteiger partial charge in [-0.25, -0.2) is 4.79 Å². The fraction of sp³-hybridized carbons (Fsp3) is 0.167. The summed E-state index contributed by atoms with van der Waals surface area (Å²) >= 11 is 0. The van der Waals surface area contributed by atoms with Crippen LogP contribution >= 0.6 is 0 Å². The molecule has 0 fully saturated rings. The maximum atomic E-state index is 11.2. The van der Waals surface area contributed by atoms with E-state index >= 15 is 0 Å². The van der Waals surface area contributed by atoms with E-state index in [9.17, 15) is 4.79 Å². The van der Waals surface area contributed by atoms with Gasteiger partial charge in [-0.3, -0.25) is 0 Å². The molecule has 114 valence electrons. The Morgan fingerprint density at radius 3 is 2.77 bits per heavy atom. The molecule has 0 bridgehead atoms. The lowest BCUT2D eigenvalue weighted by atomic mass is 10.1. The molecule has 2 rings (SSSR count). The monoisotopic (exact) mass is 297 g/mol. The van der Waals surface area contributed by atoms with Crippen LogP contribution in [0.25, 0.3) is 0 Å². The third-order valence-electron chi connectivity index (χ3n) is 3.24. The number of ether oxygens (including phenoxy) is 1. The van der Waals surface area contributed by atoms with Crippen LogP contribution in [0, 0.1) is 6.92 Å². The number of para-hydroxylation sites is 1. The van der Waals surface area contributed by atoms with Crippen LogP contribution in [-0.4, -0.2) is 17.7 Å². The smallest absolute Gasteiger partial charge is 0.337 e. The Kier molecular flexibility index (Phi) is 5.20. The second kappa shape index (κ2) is 7.31. The minimum absolute atomic E-state index is 0.269. The lowest BCUT2D eigenvalue weighted by Crippen LogP contribution is -2.06. The summed E-state index contributed by atoms with van der Waals surface area (Å²) in [5, 5.41) is 12.3. The van der Waals surface area contributed by atoms with Crippen molar-refractivity contribution >= 4 is 11.7 Å². The van der Waals surface area contributed by atoms with Crippen molar-refractivity contribution in [1.29, 1.82) is 0 Å². The highest BCUT2D eigenvalue weighted by molar-refractivity contribution is 5.94. The Balaban J connectivity index is 2.07. The topological polar surface area (TPSA) is 58.6 Å².